The van der Waals surface area contributed by atoms with Gasteiger partial charge in [-0.1, -0.05) is 86.1 Å². The van der Waals surface area contributed by atoms with Crippen LogP contribution < -0.4 is 14.9 Å². The first kappa shape index (κ1) is 27.6. The van der Waals surface area contributed by atoms with Crippen molar-refractivity contribution >= 4 is 33.2 Å². The van der Waals surface area contributed by atoms with Gasteiger partial charge in [-0.05, 0) is 48.4 Å². The number of hydrogen-bond acceptors (Lipinski definition) is 4. The van der Waals surface area contributed by atoms with Gasteiger partial charge in [-0.3, -0.25) is 13.9 Å². The van der Waals surface area contributed by atoms with Crippen LogP contribution in [0.3, 0.4) is 0 Å². The first-order valence-corrected chi connectivity index (χ1v) is 14.2. The average molecular weight is 542 g/mol. The van der Waals surface area contributed by atoms with Gasteiger partial charge in [0.05, 0.1) is 33.9 Å². The Bertz CT molecular complexity index is 1520. The summed E-state index contributed by atoms with van der Waals surface area (Å²) in [5.41, 5.74) is 1.83. The van der Waals surface area contributed by atoms with Crippen molar-refractivity contribution in [3.8, 4) is 0 Å². The Morgan fingerprint density at radius 2 is 1.31 bits per heavy atom. The van der Waals surface area contributed by atoms with Crippen molar-refractivity contribution in [3.05, 3.63) is 126 Å². The highest BCUT2D eigenvalue weighted by Gasteiger charge is 2.29. The molecule has 0 aliphatic carbocycles. The molecule has 0 aliphatic heterocycles. The summed E-state index contributed by atoms with van der Waals surface area (Å²) in [5, 5.41) is 5.70. The molecule has 4 aromatic carbocycles. The van der Waals surface area contributed by atoms with Crippen LogP contribution in [-0.2, 0) is 16.6 Å². The number of rotatable bonds is 11. The maximum Gasteiger partial charge on any atom is 0.264 e. The zero-order valence-electron chi connectivity index (χ0n) is 21.7. The SMILES string of the molecule is CCCCNC(=O)c1ccccc1NC(=O)c1ccccc1N(Cc1ccccc1)S(=O)(=O)c1ccccc1. The number of nitrogens with zero attached hydrogens (tertiary/aromatic N) is 1. The molecule has 39 heavy (non-hydrogen) atoms. The first-order chi connectivity index (χ1) is 18.9. The molecule has 0 heterocycles. The minimum atomic E-state index is -4.03. The van der Waals surface area contributed by atoms with Crippen LogP contribution >= 0.6 is 0 Å². The fourth-order valence-electron chi connectivity index (χ4n) is 4.11. The Hall–Kier alpha value is -4.43. The van der Waals surface area contributed by atoms with Gasteiger partial charge in [0.2, 0.25) is 0 Å². The summed E-state index contributed by atoms with van der Waals surface area (Å²) >= 11 is 0. The van der Waals surface area contributed by atoms with Crippen LogP contribution in [0.25, 0.3) is 0 Å². The van der Waals surface area contributed by atoms with Crippen LogP contribution in [0.4, 0.5) is 11.4 Å². The van der Waals surface area contributed by atoms with Crippen molar-refractivity contribution in [1.82, 2.24) is 5.32 Å². The second-order valence-electron chi connectivity index (χ2n) is 8.94. The fraction of sp³-hybridized carbons (Fsp3) is 0.161. The van der Waals surface area contributed by atoms with Gasteiger partial charge < -0.3 is 10.6 Å². The van der Waals surface area contributed by atoms with Crippen LogP contribution in [-0.4, -0.2) is 26.8 Å². The predicted octanol–water partition coefficient (Wildman–Crippen LogP) is 5.86. The highest BCUT2D eigenvalue weighted by Crippen LogP contribution is 2.30. The largest absolute Gasteiger partial charge is 0.352 e. The van der Waals surface area contributed by atoms with Gasteiger partial charge >= 0.3 is 0 Å². The molecule has 0 atom stereocenters. The fourth-order valence-corrected chi connectivity index (χ4v) is 5.60. The van der Waals surface area contributed by atoms with Gasteiger partial charge in [-0.25, -0.2) is 8.42 Å². The molecule has 0 aromatic heterocycles. The van der Waals surface area contributed by atoms with Gasteiger partial charge in [0.25, 0.3) is 21.8 Å². The third kappa shape index (κ3) is 6.72. The Morgan fingerprint density at radius 3 is 2.00 bits per heavy atom. The van der Waals surface area contributed by atoms with E-state index in [-0.39, 0.29) is 28.6 Å². The number of nitrogens with one attached hydrogen (secondary N) is 2. The summed E-state index contributed by atoms with van der Waals surface area (Å²) in [5.74, 6) is -0.814. The normalized spacial score (nSPS) is 11.0. The van der Waals surface area contributed by atoms with E-state index in [0.29, 0.717) is 17.8 Å². The van der Waals surface area contributed by atoms with Crippen LogP contribution in [0, 0.1) is 0 Å². The molecule has 0 fully saturated rings. The van der Waals surface area contributed by atoms with Crippen molar-refractivity contribution in [3.63, 3.8) is 0 Å². The number of benzene rings is 4. The third-order valence-corrected chi connectivity index (χ3v) is 7.93. The minimum Gasteiger partial charge on any atom is -0.352 e. The van der Waals surface area contributed by atoms with E-state index in [4.69, 9.17) is 0 Å². The van der Waals surface area contributed by atoms with Gasteiger partial charge in [-0.15, -0.1) is 0 Å². The average Bonchev–Trinajstić information content (AvgIpc) is 2.97. The molecule has 0 saturated carbocycles. The van der Waals surface area contributed by atoms with E-state index in [1.165, 1.54) is 16.4 Å². The highest BCUT2D eigenvalue weighted by molar-refractivity contribution is 7.92. The lowest BCUT2D eigenvalue weighted by molar-refractivity contribution is 0.0954. The summed E-state index contributed by atoms with van der Waals surface area (Å²) < 4.78 is 29.0. The third-order valence-electron chi connectivity index (χ3n) is 6.15. The molecule has 2 N–H and O–H groups in total. The molecule has 2 amide bonds. The van der Waals surface area contributed by atoms with Crippen molar-refractivity contribution < 1.29 is 18.0 Å². The van der Waals surface area contributed by atoms with E-state index < -0.39 is 15.9 Å². The minimum absolute atomic E-state index is 0.0266. The number of amides is 2. The smallest absolute Gasteiger partial charge is 0.264 e. The number of sulfonamides is 1. The van der Waals surface area contributed by atoms with E-state index in [2.05, 4.69) is 10.6 Å². The molecule has 200 valence electrons. The number of hydrogen-bond donors (Lipinski definition) is 2. The second kappa shape index (κ2) is 12.9. The molecule has 8 heteroatoms. The van der Waals surface area contributed by atoms with Crippen molar-refractivity contribution in [1.29, 1.82) is 0 Å². The van der Waals surface area contributed by atoms with Crippen LogP contribution in [0.1, 0.15) is 46.0 Å². The Labute approximate surface area is 229 Å². The predicted molar refractivity (Wildman–Crippen MR) is 154 cm³/mol. The van der Waals surface area contributed by atoms with Gasteiger partial charge in [0.1, 0.15) is 0 Å². The van der Waals surface area contributed by atoms with E-state index in [0.717, 1.165) is 18.4 Å². The standard InChI is InChI=1S/C31H31N3O4S/c1-2-3-22-32-30(35)26-18-10-12-20-28(26)33-31(36)27-19-11-13-21-29(27)34(23-24-14-6-4-7-15-24)39(37,38)25-16-8-5-9-17-25/h4-21H,2-3,22-23H2,1H3,(H,32,35)(H,33,36). The van der Waals surface area contributed by atoms with E-state index in [1.807, 2.05) is 37.3 Å². The number of unbranched alkanes of at least 4 members (excludes halogenated alkanes) is 1. The lowest BCUT2D eigenvalue weighted by Crippen LogP contribution is -2.32. The number of para-hydroxylation sites is 2. The van der Waals surface area contributed by atoms with Crippen LogP contribution in [0.15, 0.2) is 114 Å². The molecular weight excluding hydrogens is 510 g/mol. The Morgan fingerprint density at radius 1 is 0.718 bits per heavy atom. The molecule has 0 saturated heterocycles. The topological polar surface area (TPSA) is 95.6 Å². The summed E-state index contributed by atoms with van der Waals surface area (Å²) in [6.07, 6.45) is 1.79. The maximum absolute atomic E-state index is 13.9. The molecule has 4 aromatic rings. The zero-order chi connectivity index (χ0) is 27.7. The molecule has 0 aliphatic rings. The molecule has 0 bridgehead atoms. The van der Waals surface area contributed by atoms with Crippen molar-refractivity contribution in [2.24, 2.45) is 0 Å². The van der Waals surface area contributed by atoms with Crippen molar-refractivity contribution in [2.45, 2.75) is 31.2 Å². The second-order valence-corrected chi connectivity index (χ2v) is 10.8. The Kier molecular flexibility index (Phi) is 9.12. The number of carbonyl (C=O) groups excluding carboxylic acids is 2. The molecular formula is C31H31N3O4S. The lowest BCUT2D eigenvalue weighted by Gasteiger charge is -2.26. The summed E-state index contributed by atoms with van der Waals surface area (Å²) in [4.78, 5) is 26.5. The van der Waals surface area contributed by atoms with Crippen LogP contribution in [0.2, 0.25) is 0 Å². The van der Waals surface area contributed by atoms with E-state index >= 15 is 0 Å². The molecule has 0 unspecified atom stereocenters. The summed E-state index contributed by atoms with van der Waals surface area (Å²) in [7, 11) is -4.03. The van der Waals surface area contributed by atoms with Crippen molar-refractivity contribution in [2.75, 3.05) is 16.2 Å². The number of carbonyl (C=O) groups is 2. The lowest BCUT2D eigenvalue weighted by atomic mass is 10.1. The van der Waals surface area contributed by atoms with Gasteiger partial charge in [-0.2, -0.15) is 0 Å². The number of anilines is 2. The molecule has 0 spiro atoms. The maximum atomic E-state index is 13.9. The first-order valence-electron chi connectivity index (χ1n) is 12.8. The van der Waals surface area contributed by atoms with Gasteiger partial charge in [0.15, 0.2) is 0 Å². The van der Waals surface area contributed by atoms with Crippen LogP contribution in [0.5, 0.6) is 0 Å². The summed E-state index contributed by atoms with van der Waals surface area (Å²) in [6.45, 7) is 2.60. The monoisotopic (exact) mass is 541 g/mol. The van der Waals surface area contributed by atoms with Gasteiger partial charge in [0, 0.05) is 6.54 Å². The molecule has 7 nitrogen and oxygen atoms in total. The molecule has 4 rings (SSSR count). The highest BCUT2D eigenvalue weighted by atomic mass is 32.2. The molecule has 0 radical (unpaired) electrons. The Balaban J connectivity index is 1.71. The van der Waals surface area contributed by atoms with E-state index in [9.17, 15) is 18.0 Å². The summed E-state index contributed by atoms with van der Waals surface area (Å²) in [6, 6.07) is 30.7. The quantitative estimate of drug-likeness (QED) is 0.232. The zero-order valence-corrected chi connectivity index (χ0v) is 22.5. The van der Waals surface area contributed by atoms with E-state index in [1.54, 1.807) is 66.7 Å².